The maximum Gasteiger partial charge on any atom is 0.157 e. The van der Waals surface area contributed by atoms with Gasteiger partial charge in [0.2, 0.25) is 0 Å². The molecule has 1 fully saturated rings. The molecule has 0 bridgehead atoms. The van der Waals surface area contributed by atoms with Gasteiger partial charge >= 0.3 is 0 Å². The topological polar surface area (TPSA) is 54.7 Å². The molecule has 112 valence electrons. The van der Waals surface area contributed by atoms with E-state index in [0.717, 1.165) is 51.3 Å². The first-order valence-corrected chi connectivity index (χ1v) is 7.79. The van der Waals surface area contributed by atoms with E-state index in [9.17, 15) is 0 Å². The Morgan fingerprint density at radius 3 is 3.05 bits per heavy atom. The van der Waals surface area contributed by atoms with Crippen molar-refractivity contribution in [1.82, 2.24) is 19.9 Å². The molecule has 0 atom stereocenters. The summed E-state index contributed by atoms with van der Waals surface area (Å²) < 4.78 is 7.68. The van der Waals surface area contributed by atoms with Crippen LogP contribution in [0.4, 0.5) is 5.82 Å². The van der Waals surface area contributed by atoms with Crippen LogP contribution in [-0.4, -0.2) is 53.5 Å². The minimum Gasteiger partial charge on any atom is -0.375 e. The van der Waals surface area contributed by atoms with Gasteiger partial charge in [0.05, 0.1) is 18.0 Å². The van der Waals surface area contributed by atoms with E-state index in [1.165, 1.54) is 17.1 Å². The molecule has 0 aliphatic carbocycles. The number of nitrogens with one attached hydrogen (secondary N) is 1. The largest absolute Gasteiger partial charge is 0.375 e. The lowest BCUT2D eigenvalue weighted by atomic mass is 10.1. The van der Waals surface area contributed by atoms with Crippen molar-refractivity contribution in [2.45, 2.75) is 25.9 Å². The number of rotatable bonds is 3. The number of anilines is 1. The molecule has 0 radical (unpaired) electrons. The Balaban J connectivity index is 1.75. The van der Waals surface area contributed by atoms with Crippen LogP contribution in [0.5, 0.6) is 0 Å². The lowest BCUT2D eigenvalue weighted by molar-refractivity contribution is 0.0424. The second kappa shape index (κ2) is 5.27. The second-order valence-corrected chi connectivity index (χ2v) is 5.69. The van der Waals surface area contributed by atoms with Crippen molar-refractivity contribution in [3.05, 3.63) is 23.5 Å². The van der Waals surface area contributed by atoms with Gasteiger partial charge in [0.25, 0.3) is 0 Å². The van der Waals surface area contributed by atoms with Gasteiger partial charge in [-0.05, 0) is 19.9 Å². The first-order valence-electron chi connectivity index (χ1n) is 7.79. The number of nitrogens with zero attached hydrogens (tertiary/aromatic N) is 4. The minimum absolute atomic E-state index is 0.355. The minimum atomic E-state index is 0.355. The van der Waals surface area contributed by atoms with E-state index in [1.807, 2.05) is 16.8 Å². The molecule has 6 heteroatoms. The quantitative estimate of drug-likeness (QED) is 0.898. The molecule has 6 nitrogen and oxygen atoms in total. The Morgan fingerprint density at radius 1 is 1.33 bits per heavy atom. The van der Waals surface area contributed by atoms with Crippen LogP contribution in [0.3, 0.4) is 0 Å². The van der Waals surface area contributed by atoms with Gasteiger partial charge in [-0.3, -0.25) is 0 Å². The monoisotopic (exact) mass is 287 g/mol. The number of aromatic nitrogens is 3. The molecule has 0 spiro atoms. The normalized spacial score (nSPS) is 19.4. The summed E-state index contributed by atoms with van der Waals surface area (Å²) >= 11 is 0. The summed E-state index contributed by atoms with van der Waals surface area (Å²) in [5.41, 5.74) is 3.53. The number of hydrogen-bond donors (Lipinski definition) is 1. The maximum absolute atomic E-state index is 5.69. The zero-order chi connectivity index (χ0) is 14.2. The summed E-state index contributed by atoms with van der Waals surface area (Å²) in [7, 11) is 0. The second-order valence-electron chi connectivity index (χ2n) is 5.69. The van der Waals surface area contributed by atoms with Crippen molar-refractivity contribution < 1.29 is 4.74 Å². The van der Waals surface area contributed by atoms with E-state index in [4.69, 9.17) is 9.72 Å². The van der Waals surface area contributed by atoms with Crippen LogP contribution in [0.25, 0.3) is 5.65 Å². The molecular weight excluding hydrogens is 266 g/mol. The van der Waals surface area contributed by atoms with E-state index in [0.29, 0.717) is 6.10 Å². The fourth-order valence-electron chi connectivity index (χ4n) is 3.29. The zero-order valence-electron chi connectivity index (χ0n) is 12.4. The summed E-state index contributed by atoms with van der Waals surface area (Å²) in [5, 5.41) is 7.94. The Bertz CT molecular complexity index is 647. The van der Waals surface area contributed by atoms with Crippen molar-refractivity contribution in [1.29, 1.82) is 0 Å². The predicted octanol–water partition coefficient (Wildman–Crippen LogP) is 0.643. The SMILES string of the molecule is CCOC1CN(c2c3c(nc4ccnn24)CCNCC3)C1. The van der Waals surface area contributed by atoms with E-state index < -0.39 is 0 Å². The van der Waals surface area contributed by atoms with Crippen molar-refractivity contribution >= 4 is 11.5 Å². The van der Waals surface area contributed by atoms with Gasteiger partial charge in [0.15, 0.2) is 5.65 Å². The zero-order valence-corrected chi connectivity index (χ0v) is 12.4. The van der Waals surface area contributed by atoms with Gasteiger partial charge in [-0.1, -0.05) is 0 Å². The molecule has 0 unspecified atom stereocenters. The highest BCUT2D eigenvalue weighted by molar-refractivity contribution is 5.59. The molecule has 0 aromatic carbocycles. The van der Waals surface area contributed by atoms with Crippen LogP contribution in [0.15, 0.2) is 12.3 Å². The van der Waals surface area contributed by atoms with Crippen LogP contribution < -0.4 is 10.2 Å². The summed E-state index contributed by atoms with van der Waals surface area (Å²) in [4.78, 5) is 7.18. The van der Waals surface area contributed by atoms with Crippen molar-refractivity contribution in [2.24, 2.45) is 0 Å². The maximum atomic E-state index is 5.69. The number of hydrogen-bond acceptors (Lipinski definition) is 5. The lowest BCUT2D eigenvalue weighted by Crippen LogP contribution is -2.53. The fraction of sp³-hybridized carbons (Fsp3) is 0.600. The molecular formula is C15H21N5O. The van der Waals surface area contributed by atoms with Crippen LogP contribution in [-0.2, 0) is 17.6 Å². The van der Waals surface area contributed by atoms with Crippen LogP contribution in [0, 0.1) is 0 Å². The average molecular weight is 287 g/mol. The van der Waals surface area contributed by atoms with Crippen LogP contribution in [0.1, 0.15) is 18.2 Å². The third-order valence-corrected chi connectivity index (χ3v) is 4.33. The van der Waals surface area contributed by atoms with Crippen molar-refractivity contribution in [2.75, 3.05) is 37.7 Å². The van der Waals surface area contributed by atoms with E-state index in [1.54, 1.807) is 0 Å². The highest BCUT2D eigenvalue weighted by Crippen LogP contribution is 2.30. The summed E-state index contributed by atoms with van der Waals surface area (Å²) in [6.07, 6.45) is 4.20. The molecule has 0 saturated carbocycles. The Labute approximate surface area is 124 Å². The van der Waals surface area contributed by atoms with Gasteiger partial charge in [0.1, 0.15) is 5.82 Å². The highest BCUT2D eigenvalue weighted by Gasteiger charge is 2.32. The van der Waals surface area contributed by atoms with Crippen molar-refractivity contribution in [3.8, 4) is 0 Å². The predicted molar refractivity (Wildman–Crippen MR) is 80.9 cm³/mol. The average Bonchev–Trinajstić information content (AvgIpc) is 2.78. The number of fused-ring (bicyclic) bond motifs is 2. The van der Waals surface area contributed by atoms with Gasteiger partial charge in [-0.15, -0.1) is 0 Å². The van der Waals surface area contributed by atoms with E-state index >= 15 is 0 Å². The van der Waals surface area contributed by atoms with Crippen molar-refractivity contribution in [3.63, 3.8) is 0 Å². The molecule has 4 heterocycles. The lowest BCUT2D eigenvalue weighted by Gasteiger charge is -2.41. The fourth-order valence-corrected chi connectivity index (χ4v) is 3.29. The Morgan fingerprint density at radius 2 is 2.19 bits per heavy atom. The van der Waals surface area contributed by atoms with Gasteiger partial charge in [0, 0.05) is 44.3 Å². The first kappa shape index (κ1) is 13.0. The molecule has 2 aliphatic heterocycles. The molecule has 1 N–H and O–H groups in total. The summed E-state index contributed by atoms with van der Waals surface area (Å²) in [5.74, 6) is 1.22. The Kier molecular flexibility index (Phi) is 3.27. The summed E-state index contributed by atoms with van der Waals surface area (Å²) in [6.45, 7) is 6.76. The molecule has 1 saturated heterocycles. The molecule has 0 amide bonds. The third-order valence-electron chi connectivity index (χ3n) is 4.33. The number of ether oxygens (including phenoxy) is 1. The smallest absolute Gasteiger partial charge is 0.157 e. The van der Waals surface area contributed by atoms with Gasteiger partial charge in [-0.2, -0.15) is 9.61 Å². The molecule has 21 heavy (non-hydrogen) atoms. The Hall–Kier alpha value is -1.66. The van der Waals surface area contributed by atoms with Crippen LogP contribution >= 0.6 is 0 Å². The summed E-state index contributed by atoms with van der Waals surface area (Å²) in [6, 6.07) is 1.99. The van der Waals surface area contributed by atoms with E-state index in [2.05, 4.69) is 22.2 Å². The molecule has 4 rings (SSSR count). The van der Waals surface area contributed by atoms with Gasteiger partial charge in [-0.25, -0.2) is 4.98 Å². The molecule has 2 aromatic rings. The third kappa shape index (κ3) is 2.18. The highest BCUT2D eigenvalue weighted by atomic mass is 16.5. The standard InChI is InChI=1S/C15H21N5O/c1-2-21-11-9-19(10-11)15-12-3-6-16-7-4-13(12)18-14-5-8-17-20(14)15/h5,8,11,16H,2-4,6-7,9-10H2,1H3. The van der Waals surface area contributed by atoms with Gasteiger partial charge < -0.3 is 15.0 Å². The molecule has 2 aromatic heterocycles. The van der Waals surface area contributed by atoms with E-state index in [-0.39, 0.29) is 0 Å². The molecule has 2 aliphatic rings. The first-order chi connectivity index (χ1) is 10.4. The van der Waals surface area contributed by atoms with Crippen LogP contribution in [0.2, 0.25) is 0 Å².